The Morgan fingerprint density at radius 3 is 2.51 bits per heavy atom. The minimum atomic E-state index is -0.685. The maximum atomic E-state index is 13.1. The fourth-order valence-electron chi connectivity index (χ4n) is 3.67. The largest absolute Gasteiger partial charge is 0.490 e. The number of anilines is 1. The Bertz CT molecular complexity index is 1540. The summed E-state index contributed by atoms with van der Waals surface area (Å²) in [4.78, 5) is 50.5. The second-order valence-electron chi connectivity index (χ2n) is 8.33. The molecule has 4 amide bonds. The fraction of sp³-hybridized carbons (Fsp3) is 0.185. The van der Waals surface area contributed by atoms with Gasteiger partial charge in [-0.05, 0) is 92.9 Å². The molecular weight excluding hydrogens is 673 g/mol. The Kier molecular flexibility index (Phi) is 9.45. The molecule has 214 valence electrons. The molecule has 0 atom stereocenters. The summed E-state index contributed by atoms with van der Waals surface area (Å²) in [5.74, 6) is -1.58. The van der Waals surface area contributed by atoms with Gasteiger partial charge in [0.05, 0.1) is 24.7 Å². The zero-order chi connectivity index (χ0) is 29.7. The molecule has 1 saturated heterocycles. The number of amides is 4. The van der Waals surface area contributed by atoms with Crippen LogP contribution in [-0.4, -0.2) is 49.0 Å². The molecule has 4 rings (SSSR count). The lowest BCUT2D eigenvalue weighted by molar-refractivity contribution is -0.123. The monoisotopic (exact) mass is 693 g/mol. The molecule has 2 aromatic carbocycles. The van der Waals surface area contributed by atoms with E-state index >= 15 is 0 Å². The number of hydrogen-bond acceptors (Lipinski definition) is 8. The predicted octanol–water partition coefficient (Wildman–Crippen LogP) is 5.24. The summed E-state index contributed by atoms with van der Waals surface area (Å²) in [7, 11) is 1.21. The van der Waals surface area contributed by atoms with E-state index in [4.69, 9.17) is 13.9 Å². The van der Waals surface area contributed by atoms with Gasteiger partial charge in [0.1, 0.15) is 17.3 Å². The number of esters is 1. The number of carbonyl (C=O) groups excluding carboxylic acids is 4. The topological polar surface area (TPSA) is 136 Å². The molecule has 3 aromatic rings. The molecule has 1 aromatic heterocycles. The van der Waals surface area contributed by atoms with Crippen molar-refractivity contribution in [2.75, 3.05) is 25.6 Å². The minimum Gasteiger partial charge on any atom is -0.490 e. The normalized spacial score (nSPS) is 13.8. The fourth-order valence-corrected chi connectivity index (χ4v) is 4.62. The molecule has 1 aliphatic rings. The Balaban J connectivity index is 1.52. The van der Waals surface area contributed by atoms with E-state index in [1.165, 1.54) is 49.6 Å². The van der Waals surface area contributed by atoms with Gasteiger partial charge in [0, 0.05) is 10.2 Å². The van der Waals surface area contributed by atoms with Crippen LogP contribution in [0.15, 0.2) is 61.5 Å². The zero-order valence-corrected chi connectivity index (χ0v) is 24.8. The Morgan fingerprint density at radius 1 is 1.10 bits per heavy atom. The number of methoxy groups -OCH3 is 1. The van der Waals surface area contributed by atoms with Crippen molar-refractivity contribution < 1.29 is 42.2 Å². The van der Waals surface area contributed by atoms with Crippen molar-refractivity contribution in [3.05, 3.63) is 80.0 Å². The maximum absolute atomic E-state index is 13.1. The van der Waals surface area contributed by atoms with E-state index in [1.54, 1.807) is 13.0 Å². The van der Waals surface area contributed by atoms with Gasteiger partial charge in [-0.25, -0.2) is 14.0 Å². The number of rotatable bonds is 10. The van der Waals surface area contributed by atoms with Crippen molar-refractivity contribution in [2.24, 2.45) is 0 Å². The summed E-state index contributed by atoms with van der Waals surface area (Å²) in [6.07, 6.45) is 1.45. The predicted molar refractivity (Wildman–Crippen MR) is 151 cm³/mol. The van der Waals surface area contributed by atoms with Crippen LogP contribution in [0.4, 0.5) is 14.9 Å². The lowest BCUT2D eigenvalue weighted by Crippen LogP contribution is -2.30. The number of nitrogens with zero attached hydrogens (tertiary/aromatic N) is 1. The first-order chi connectivity index (χ1) is 19.6. The third-order valence-corrected chi connectivity index (χ3v) is 7.70. The highest BCUT2D eigenvalue weighted by molar-refractivity contribution is 9.13. The molecule has 0 radical (unpaired) electrons. The lowest BCUT2D eigenvalue weighted by Gasteiger charge is -2.16. The second-order valence-corrected chi connectivity index (χ2v) is 9.92. The first-order valence-corrected chi connectivity index (χ1v) is 13.5. The average Bonchev–Trinajstić information content (AvgIpc) is 3.52. The molecule has 2 N–H and O–H groups in total. The summed E-state index contributed by atoms with van der Waals surface area (Å²) < 4.78 is 35.4. The van der Waals surface area contributed by atoms with Crippen LogP contribution < -0.4 is 20.1 Å². The van der Waals surface area contributed by atoms with Crippen molar-refractivity contribution in [3.63, 3.8) is 0 Å². The van der Waals surface area contributed by atoms with E-state index in [9.17, 15) is 23.6 Å². The van der Waals surface area contributed by atoms with Crippen molar-refractivity contribution in [3.8, 4) is 11.5 Å². The van der Waals surface area contributed by atoms with E-state index in [0.29, 0.717) is 20.2 Å². The first kappa shape index (κ1) is 29.8. The molecule has 1 fully saturated rings. The van der Waals surface area contributed by atoms with Crippen LogP contribution in [-0.2, 0) is 20.9 Å². The molecule has 0 spiro atoms. The third-order valence-electron chi connectivity index (χ3n) is 5.56. The summed E-state index contributed by atoms with van der Waals surface area (Å²) in [6, 6.07) is 9.04. The number of benzene rings is 2. The molecule has 0 unspecified atom stereocenters. The number of hydrogen-bond donors (Lipinski definition) is 2. The summed E-state index contributed by atoms with van der Waals surface area (Å²) >= 11 is 6.90. The Morgan fingerprint density at radius 2 is 1.83 bits per heavy atom. The number of halogens is 3. The van der Waals surface area contributed by atoms with Gasteiger partial charge in [0.15, 0.2) is 18.1 Å². The number of carbonyl (C=O) groups is 4. The number of nitrogens with one attached hydrogen (secondary N) is 2. The van der Waals surface area contributed by atoms with E-state index < -0.39 is 29.6 Å². The highest BCUT2D eigenvalue weighted by Gasteiger charge is 2.35. The van der Waals surface area contributed by atoms with E-state index in [2.05, 4.69) is 47.2 Å². The average molecular weight is 695 g/mol. The SMILES string of the molecule is CCOc1cc(/C=C2\NC(=O)N(Cc3ccc(C(=O)OC)o3)C2=O)c(Br)c(Br)c1OCC(=O)Nc1ccc(F)cc1. The van der Waals surface area contributed by atoms with Gasteiger partial charge in [-0.15, -0.1) is 0 Å². The van der Waals surface area contributed by atoms with E-state index in [0.717, 1.165) is 4.90 Å². The third kappa shape index (κ3) is 6.95. The Labute approximate surface area is 249 Å². The standard InChI is InChI=1S/C27H22Br2FN3O8/c1-3-39-20-11-14(22(28)23(29)24(20)40-13-21(34)31-16-6-4-15(30)5-7-16)10-18-25(35)33(27(37)32-18)12-17-8-9-19(41-17)26(36)38-2/h4-11H,3,12-13H2,1-2H3,(H,31,34)(H,32,37)/b18-10-. The van der Waals surface area contributed by atoms with Crippen LogP contribution in [0, 0.1) is 5.82 Å². The second kappa shape index (κ2) is 13.0. The van der Waals surface area contributed by atoms with Gasteiger partial charge in [-0.2, -0.15) is 0 Å². The quantitative estimate of drug-likeness (QED) is 0.167. The van der Waals surface area contributed by atoms with Gasteiger partial charge in [-0.1, -0.05) is 0 Å². The molecule has 11 nitrogen and oxygen atoms in total. The molecule has 2 heterocycles. The smallest absolute Gasteiger partial charge is 0.373 e. The molecule has 41 heavy (non-hydrogen) atoms. The molecule has 14 heteroatoms. The van der Waals surface area contributed by atoms with Crippen LogP contribution in [0.3, 0.4) is 0 Å². The highest BCUT2D eigenvalue weighted by atomic mass is 79.9. The van der Waals surface area contributed by atoms with Crippen LogP contribution in [0.25, 0.3) is 6.08 Å². The molecule has 0 saturated carbocycles. The molecule has 0 aliphatic carbocycles. The van der Waals surface area contributed by atoms with Crippen molar-refractivity contribution in [1.82, 2.24) is 10.2 Å². The van der Waals surface area contributed by atoms with Gasteiger partial charge >= 0.3 is 12.0 Å². The first-order valence-electron chi connectivity index (χ1n) is 12.0. The molecule has 1 aliphatic heterocycles. The summed E-state index contributed by atoms with van der Waals surface area (Å²) in [5, 5.41) is 5.13. The van der Waals surface area contributed by atoms with Crippen LogP contribution in [0.2, 0.25) is 0 Å². The van der Waals surface area contributed by atoms with Crippen molar-refractivity contribution in [1.29, 1.82) is 0 Å². The highest BCUT2D eigenvalue weighted by Crippen LogP contribution is 2.43. The van der Waals surface area contributed by atoms with E-state index in [-0.39, 0.29) is 48.5 Å². The number of ether oxygens (including phenoxy) is 3. The van der Waals surface area contributed by atoms with Gasteiger partial charge in [0.25, 0.3) is 11.8 Å². The summed E-state index contributed by atoms with van der Waals surface area (Å²) in [5.41, 5.74) is 0.845. The van der Waals surface area contributed by atoms with Crippen molar-refractivity contribution >= 4 is 67.4 Å². The van der Waals surface area contributed by atoms with Crippen LogP contribution in [0.1, 0.15) is 28.8 Å². The number of furan rings is 1. The maximum Gasteiger partial charge on any atom is 0.373 e. The van der Waals surface area contributed by atoms with Crippen LogP contribution in [0.5, 0.6) is 11.5 Å². The van der Waals surface area contributed by atoms with Gasteiger partial charge in [0.2, 0.25) is 5.76 Å². The van der Waals surface area contributed by atoms with Crippen LogP contribution >= 0.6 is 31.9 Å². The van der Waals surface area contributed by atoms with Gasteiger partial charge in [-0.3, -0.25) is 14.5 Å². The zero-order valence-electron chi connectivity index (χ0n) is 21.6. The van der Waals surface area contributed by atoms with E-state index in [1.807, 2.05) is 0 Å². The minimum absolute atomic E-state index is 0.0165. The van der Waals surface area contributed by atoms with Gasteiger partial charge < -0.3 is 29.3 Å². The molecule has 0 bridgehead atoms. The number of urea groups is 1. The molecular formula is C27H22Br2FN3O8. The number of imide groups is 1. The lowest BCUT2D eigenvalue weighted by atomic mass is 10.1. The summed E-state index contributed by atoms with van der Waals surface area (Å²) in [6.45, 7) is 1.44. The Hall–Kier alpha value is -4.17. The van der Waals surface area contributed by atoms with Crippen molar-refractivity contribution in [2.45, 2.75) is 13.5 Å².